The third-order valence-corrected chi connectivity index (χ3v) is 4.09. The molecule has 0 unspecified atom stereocenters. The van der Waals surface area contributed by atoms with Gasteiger partial charge in [0.05, 0.1) is 11.0 Å². The van der Waals surface area contributed by atoms with Crippen molar-refractivity contribution in [3.05, 3.63) is 63.9 Å². The summed E-state index contributed by atoms with van der Waals surface area (Å²) in [5.41, 5.74) is 3.08. The van der Waals surface area contributed by atoms with E-state index in [0.717, 1.165) is 40.4 Å². The highest BCUT2D eigenvalue weighted by atomic mass is 35.5. The van der Waals surface area contributed by atoms with Crippen LogP contribution < -0.4 is 0 Å². The number of aliphatic hydroxyl groups excluding tert-OH is 1. The van der Waals surface area contributed by atoms with Gasteiger partial charge in [-0.15, -0.1) is 0 Å². The minimum absolute atomic E-state index is 0.160. The molecule has 114 valence electrons. The third kappa shape index (κ3) is 3.27. The molecule has 0 aliphatic rings. The quantitative estimate of drug-likeness (QED) is 0.754. The molecule has 1 heterocycles. The molecule has 3 nitrogen and oxygen atoms in total. The number of aryl methyl sites for hydroxylation is 1. The van der Waals surface area contributed by atoms with Gasteiger partial charge in [-0.3, -0.25) is 0 Å². The van der Waals surface area contributed by atoms with E-state index >= 15 is 0 Å². The highest BCUT2D eigenvalue weighted by Gasteiger charge is 2.11. The zero-order valence-electron chi connectivity index (χ0n) is 12.0. The summed E-state index contributed by atoms with van der Waals surface area (Å²) >= 11 is 12.0. The fraction of sp³-hybridized carbons (Fsp3) is 0.235. The van der Waals surface area contributed by atoms with Gasteiger partial charge in [-0.05, 0) is 42.3 Å². The minimum Gasteiger partial charge on any atom is -0.396 e. The van der Waals surface area contributed by atoms with Crippen molar-refractivity contribution in [3.8, 4) is 0 Å². The molecule has 0 amide bonds. The first-order valence-corrected chi connectivity index (χ1v) is 7.93. The average Bonchev–Trinajstić information content (AvgIpc) is 2.83. The number of hydrogen-bond donors (Lipinski definition) is 1. The molecule has 1 aromatic heterocycles. The second-order valence-corrected chi connectivity index (χ2v) is 6.07. The van der Waals surface area contributed by atoms with Crippen LogP contribution in [0, 0.1) is 0 Å². The highest BCUT2D eigenvalue weighted by molar-refractivity contribution is 6.31. The van der Waals surface area contributed by atoms with Crippen molar-refractivity contribution in [2.75, 3.05) is 6.61 Å². The predicted molar refractivity (Wildman–Crippen MR) is 90.7 cm³/mol. The zero-order valence-corrected chi connectivity index (χ0v) is 13.5. The maximum absolute atomic E-state index is 9.12. The van der Waals surface area contributed by atoms with E-state index in [9.17, 15) is 0 Å². The zero-order chi connectivity index (χ0) is 15.5. The van der Waals surface area contributed by atoms with Gasteiger partial charge in [0, 0.05) is 29.6 Å². The topological polar surface area (TPSA) is 38.0 Å². The van der Waals surface area contributed by atoms with Gasteiger partial charge >= 0.3 is 0 Å². The molecule has 0 aliphatic heterocycles. The molecular weight excluding hydrogens is 319 g/mol. The van der Waals surface area contributed by atoms with Crippen LogP contribution in [0.3, 0.4) is 0 Å². The van der Waals surface area contributed by atoms with Crippen LogP contribution in [0.25, 0.3) is 11.0 Å². The lowest BCUT2D eigenvalue weighted by molar-refractivity contribution is 0.280. The molecule has 0 fully saturated rings. The number of aliphatic hydroxyl groups is 1. The van der Waals surface area contributed by atoms with Crippen LogP contribution in [0.1, 0.15) is 17.8 Å². The number of rotatable bonds is 5. The number of halogens is 2. The van der Waals surface area contributed by atoms with Crippen LogP contribution in [0.4, 0.5) is 0 Å². The molecule has 0 spiro atoms. The van der Waals surface area contributed by atoms with Crippen LogP contribution in [0.2, 0.25) is 10.0 Å². The van der Waals surface area contributed by atoms with Crippen molar-refractivity contribution < 1.29 is 5.11 Å². The predicted octanol–water partition coefficient (Wildman–Crippen LogP) is 4.32. The minimum atomic E-state index is 0.160. The summed E-state index contributed by atoms with van der Waals surface area (Å²) in [4.78, 5) is 4.71. The molecule has 3 aromatic rings. The van der Waals surface area contributed by atoms with E-state index in [4.69, 9.17) is 33.3 Å². The van der Waals surface area contributed by atoms with E-state index in [2.05, 4.69) is 4.57 Å². The molecule has 2 aromatic carbocycles. The van der Waals surface area contributed by atoms with Crippen molar-refractivity contribution in [2.45, 2.75) is 19.4 Å². The van der Waals surface area contributed by atoms with E-state index < -0.39 is 0 Å². The lowest BCUT2D eigenvalue weighted by atomic mass is 10.1. The van der Waals surface area contributed by atoms with Gasteiger partial charge in [0.2, 0.25) is 0 Å². The van der Waals surface area contributed by atoms with Crippen molar-refractivity contribution >= 4 is 34.2 Å². The molecular formula is C17H16Cl2N2O. The molecule has 0 radical (unpaired) electrons. The van der Waals surface area contributed by atoms with E-state index in [1.54, 1.807) is 0 Å². The Bertz CT molecular complexity index is 781. The number of imidazole rings is 1. The molecule has 22 heavy (non-hydrogen) atoms. The van der Waals surface area contributed by atoms with Gasteiger partial charge in [0.1, 0.15) is 5.82 Å². The molecule has 0 aliphatic carbocycles. The molecule has 3 rings (SSSR count). The second-order valence-electron chi connectivity index (χ2n) is 5.19. The molecule has 0 saturated carbocycles. The summed E-state index contributed by atoms with van der Waals surface area (Å²) in [6, 6.07) is 13.5. The highest BCUT2D eigenvalue weighted by Crippen LogP contribution is 2.23. The summed E-state index contributed by atoms with van der Waals surface area (Å²) in [6.07, 6.45) is 1.41. The lowest BCUT2D eigenvalue weighted by Crippen LogP contribution is -2.06. The summed E-state index contributed by atoms with van der Waals surface area (Å²) in [7, 11) is 0. The fourth-order valence-electron chi connectivity index (χ4n) is 2.55. The Hall–Kier alpha value is -1.55. The Balaban J connectivity index is 2.00. The Labute approximate surface area is 139 Å². The van der Waals surface area contributed by atoms with Gasteiger partial charge in [0.15, 0.2) is 0 Å². The first-order chi connectivity index (χ1) is 10.7. The van der Waals surface area contributed by atoms with E-state index in [1.165, 1.54) is 0 Å². The lowest BCUT2D eigenvalue weighted by Gasteiger charge is -2.08. The maximum atomic E-state index is 9.12. The van der Waals surface area contributed by atoms with Crippen LogP contribution in [0.15, 0.2) is 42.5 Å². The molecule has 0 saturated heterocycles. The number of aromatic nitrogens is 2. The van der Waals surface area contributed by atoms with Crippen LogP contribution in [0.5, 0.6) is 0 Å². The largest absolute Gasteiger partial charge is 0.396 e. The number of nitrogens with zero attached hydrogens (tertiary/aromatic N) is 2. The molecule has 0 atom stereocenters. The number of fused-ring (bicyclic) bond motifs is 1. The van der Waals surface area contributed by atoms with E-state index in [0.29, 0.717) is 11.4 Å². The van der Waals surface area contributed by atoms with Gasteiger partial charge in [-0.1, -0.05) is 35.3 Å². The third-order valence-electron chi connectivity index (χ3n) is 3.60. The van der Waals surface area contributed by atoms with Gasteiger partial charge in [-0.2, -0.15) is 0 Å². The van der Waals surface area contributed by atoms with Crippen molar-refractivity contribution in [1.29, 1.82) is 0 Å². The second kappa shape index (κ2) is 6.69. The molecule has 0 bridgehead atoms. The first kappa shape index (κ1) is 15.3. The number of benzene rings is 2. The summed E-state index contributed by atoms with van der Waals surface area (Å²) < 4.78 is 2.15. The van der Waals surface area contributed by atoms with E-state index in [-0.39, 0.29) is 6.61 Å². The normalized spacial score (nSPS) is 11.2. The Morgan fingerprint density at radius 1 is 1.00 bits per heavy atom. The average molecular weight is 335 g/mol. The summed E-state index contributed by atoms with van der Waals surface area (Å²) in [5.74, 6) is 0.966. The SMILES string of the molecule is OCCCn1c(Cc2ccc(Cl)cc2)nc2cc(Cl)ccc21. The van der Waals surface area contributed by atoms with Gasteiger partial charge < -0.3 is 9.67 Å². The summed E-state index contributed by atoms with van der Waals surface area (Å²) in [6.45, 7) is 0.894. The Kier molecular flexibility index (Phi) is 4.67. The fourth-order valence-corrected chi connectivity index (χ4v) is 2.84. The molecule has 1 N–H and O–H groups in total. The van der Waals surface area contributed by atoms with Crippen molar-refractivity contribution in [2.24, 2.45) is 0 Å². The van der Waals surface area contributed by atoms with Crippen LogP contribution in [-0.4, -0.2) is 21.3 Å². The molecule has 5 heteroatoms. The summed E-state index contributed by atoms with van der Waals surface area (Å²) in [5, 5.41) is 10.5. The Morgan fingerprint density at radius 3 is 2.45 bits per heavy atom. The van der Waals surface area contributed by atoms with Crippen molar-refractivity contribution in [3.63, 3.8) is 0 Å². The van der Waals surface area contributed by atoms with Crippen LogP contribution in [-0.2, 0) is 13.0 Å². The van der Waals surface area contributed by atoms with Crippen molar-refractivity contribution in [1.82, 2.24) is 9.55 Å². The monoisotopic (exact) mass is 334 g/mol. The Morgan fingerprint density at radius 2 is 1.73 bits per heavy atom. The van der Waals surface area contributed by atoms with E-state index in [1.807, 2.05) is 42.5 Å². The first-order valence-electron chi connectivity index (χ1n) is 7.17. The van der Waals surface area contributed by atoms with Crippen LogP contribution >= 0.6 is 23.2 Å². The smallest absolute Gasteiger partial charge is 0.114 e. The van der Waals surface area contributed by atoms with Gasteiger partial charge in [0.25, 0.3) is 0 Å². The van der Waals surface area contributed by atoms with Gasteiger partial charge in [-0.25, -0.2) is 4.98 Å². The standard InChI is InChI=1S/C17H16Cl2N2O/c18-13-4-2-12(3-5-13)10-17-20-15-11-14(19)6-7-16(15)21(17)8-1-9-22/h2-7,11,22H,1,8-10H2. The number of hydrogen-bond acceptors (Lipinski definition) is 2. The maximum Gasteiger partial charge on any atom is 0.114 e.